The van der Waals surface area contributed by atoms with Gasteiger partial charge in [-0.2, -0.15) is 0 Å². The van der Waals surface area contributed by atoms with Crippen LogP contribution in [0.25, 0.3) is 0 Å². The van der Waals surface area contributed by atoms with Crippen molar-refractivity contribution in [1.82, 2.24) is 0 Å². The fourth-order valence-electron chi connectivity index (χ4n) is 4.35. The van der Waals surface area contributed by atoms with Crippen LogP contribution in [0.2, 0.25) is 0 Å². The van der Waals surface area contributed by atoms with Gasteiger partial charge in [-0.25, -0.2) is 0 Å². The zero-order valence-corrected chi connectivity index (χ0v) is 15.1. The summed E-state index contributed by atoms with van der Waals surface area (Å²) in [5.74, 6) is -0.694. The van der Waals surface area contributed by atoms with Crippen molar-refractivity contribution in [2.75, 3.05) is 0 Å². The monoisotopic (exact) mass is 318 g/mol. The standard InChI is InChI=1S/C20H30O3/c1-18(2,3)13-19(4,5)14-8-9-16(21)15(12-14)20(17(22)23)10-6-7-11-20/h8-9,12,21H,6-7,10-11,13H2,1-5H3,(H,22,23). The molecule has 128 valence electrons. The van der Waals surface area contributed by atoms with Crippen LogP contribution in [0.15, 0.2) is 18.2 Å². The second-order valence-electron chi connectivity index (χ2n) is 8.95. The number of hydrogen-bond donors (Lipinski definition) is 2. The second kappa shape index (κ2) is 5.85. The van der Waals surface area contributed by atoms with Gasteiger partial charge in [-0.05, 0) is 41.7 Å². The van der Waals surface area contributed by atoms with Gasteiger partial charge in [-0.1, -0.05) is 59.6 Å². The Hall–Kier alpha value is -1.51. The number of aliphatic carboxylic acids is 1. The molecule has 1 aliphatic rings. The molecule has 0 aromatic heterocycles. The fraction of sp³-hybridized carbons (Fsp3) is 0.650. The quantitative estimate of drug-likeness (QED) is 0.821. The van der Waals surface area contributed by atoms with E-state index in [1.54, 1.807) is 6.07 Å². The number of aromatic hydroxyl groups is 1. The van der Waals surface area contributed by atoms with Crippen molar-refractivity contribution in [3.05, 3.63) is 29.3 Å². The summed E-state index contributed by atoms with van der Waals surface area (Å²) < 4.78 is 0. The smallest absolute Gasteiger partial charge is 0.314 e. The van der Waals surface area contributed by atoms with Crippen molar-refractivity contribution in [3.63, 3.8) is 0 Å². The Kier molecular flexibility index (Phi) is 4.53. The molecule has 1 aromatic rings. The molecule has 2 N–H and O–H groups in total. The number of hydrogen-bond acceptors (Lipinski definition) is 2. The third-order valence-electron chi connectivity index (χ3n) is 5.13. The van der Waals surface area contributed by atoms with E-state index >= 15 is 0 Å². The molecule has 23 heavy (non-hydrogen) atoms. The molecule has 0 aliphatic heterocycles. The first-order valence-electron chi connectivity index (χ1n) is 8.55. The topological polar surface area (TPSA) is 57.5 Å². The van der Waals surface area contributed by atoms with Gasteiger partial charge >= 0.3 is 5.97 Å². The van der Waals surface area contributed by atoms with Crippen LogP contribution >= 0.6 is 0 Å². The largest absolute Gasteiger partial charge is 0.508 e. The molecule has 0 amide bonds. The van der Waals surface area contributed by atoms with Gasteiger partial charge in [0.1, 0.15) is 5.75 Å². The van der Waals surface area contributed by atoms with E-state index in [1.807, 2.05) is 12.1 Å². The van der Waals surface area contributed by atoms with Gasteiger partial charge in [0.25, 0.3) is 0 Å². The molecule has 3 heteroatoms. The first-order chi connectivity index (χ1) is 10.5. The molecule has 1 aliphatic carbocycles. The Morgan fingerprint density at radius 2 is 1.70 bits per heavy atom. The summed E-state index contributed by atoms with van der Waals surface area (Å²) in [6.07, 6.45) is 4.02. The third-order valence-corrected chi connectivity index (χ3v) is 5.13. The first-order valence-corrected chi connectivity index (χ1v) is 8.55. The van der Waals surface area contributed by atoms with Gasteiger partial charge in [0.2, 0.25) is 0 Å². The maximum atomic E-state index is 12.0. The van der Waals surface area contributed by atoms with Crippen LogP contribution in [0.1, 0.15) is 77.8 Å². The molecule has 0 heterocycles. The summed E-state index contributed by atoms with van der Waals surface area (Å²) in [4.78, 5) is 12.0. The van der Waals surface area contributed by atoms with Crippen LogP contribution < -0.4 is 0 Å². The summed E-state index contributed by atoms with van der Waals surface area (Å²) >= 11 is 0. The molecule has 1 saturated carbocycles. The normalized spacial score (nSPS) is 18.1. The third kappa shape index (κ3) is 3.54. The summed E-state index contributed by atoms with van der Waals surface area (Å²) in [5, 5.41) is 20.2. The lowest BCUT2D eigenvalue weighted by Gasteiger charge is -2.34. The number of benzene rings is 1. The minimum atomic E-state index is -0.919. The average Bonchev–Trinajstić information content (AvgIpc) is 2.86. The van der Waals surface area contributed by atoms with Gasteiger partial charge in [0, 0.05) is 5.56 Å². The Morgan fingerprint density at radius 3 is 2.17 bits per heavy atom. The number of carboxylic acid groups (broad SMARTS) is 1. The van der Waals surface area contributed by atoms with Crippen molar-refractivity contribution < 1.29 is 15.0 Å². The molecule has 1 aromatic carbocycles. The predicted molar refractivity (Wildman–Crippen MR) is 93.0 cm³/mol. The molecule has 2 rings (SSSR count). The van der Waals surface area contributed by atoms with E-state index in [-0.39, 0.29) is 16.6 Å². The molecule has 3 nitrogen and oxygen atoms in total. The summed E-state index contributed by atoms with van der Waals surface area (Å²) in [7, 11) is 0. The molecular weight excluding hydrogens is 288 g/mol. The van der Waals surface area contributed by atoms with Crippen LogP contribution in [0.3, 0.4) is 0 Å². The molecular formula is C20H30O3. The SMILES string of the molecule is CC(C)(C)CC(C)(C)c1ccc(O)c(C2(C(=O)O)CCCC2)c1. The van der Waals surface area contributed by atoms with E-state index < -0.39 is 11.4 Å². The maximum absolute atomic E-state index is 12.0. The number of phenols is 1. The van der Waals surface area contributed by atoms with Crippen molar-refractivity contribution in [2.24, 2.45) is 5.41 Å². The highest BCUT2D eigenvalue weighted by Crippen LogP contribution is 2.46. The molecule has 0 atom stereocenters. The maximum Gasteiger partial charge on any atom is 0.314 e. The summed E-state index contributed by atoms with van der Waals surface area (Å²) in [5.41, 5.74) is 0.894. The Bertz CT molecular complexity index is 587. The molecule has 1 fully saturated rings. The minimum absolute atomic E-state index is 0.0704. The first kappa shape index (κ1) is 17.8. The van der Waals surface area contributed by atoms with Gasteiger partial charge in [0.05, 0.1) is 5.41 Å². The van der Waals surface area contributed by atoms with Gasteiger partial charge in [0.15, 0.2) is 0 Å². The predicted octanol–water partition coefficient (Wildman–Crippen LogP) is 5.00. The highest BCUT2D eigenvalue weighted by atomic mass is 16.4. The summed E-state index contributed by atoms with van der Waals surface area (Å²) in [6.45, 7) is 11.0. The van der Waals surface area contributed by atoms with E-state index in [4.69, 9.17) is 0 Å². The average molecular weight is 318 g/mol. The van der Waals surface area contributed by atoms with Crippen LogP contribution in [0.5, 0.6) is 5.75 Å². The van der Waals surface area contributed by atoms with Crippen LogP contribution in [-0.4, -0.2) is 16.2 Å². The second-order valence-corrected chi connectivity index (χ2v) is 8.95. The van der Waals surface area contributed by atoms with Crippen LogP contribution in [-0.2, 0) is 15.6 Å². The Labute approximate surface area is 139 Å². The van der Waals surface area contributed by atoms with E-state index in [2.05, 4.69) is 34.6 Å². The highest BCUT2D eigenvalue weighted by molar-refractivity contribution is 5.83. The van der Waals surface area contributed by atoms with Crippen LogP contribution in [0.4, 0.5) is 0 Å². The minimum Gasteiger partial charge on any atom is -0.508 e. The lowest BCUT2D eigenvalue weighted by molar-refractivity contribution is -0.143. The van der Waals surface area contributed by atoms with Crippen LogP contribution in [0, 0.1) is 5.41 Å². The zero-order valence-electron chi connectivity index (χ0n) is 15.1. The molecule has 0 spiro atoms. The fourth-order valence-corrected chi connectivity index (χ4v) is 4.35. The lowest BCUT2D eigenvalue weighted by atomic mass is 9.70. The number of phenolic OH excluding ortho intramolecular Hbond substituents is 1. The zero-order chi connectivity index (χ0) is 17.5. The summed E-state index contributed by atoms with van der Waals surface area (Å²) in [6, 6.07) is 5.56. The number of rotatable bonds is 4. The van der Waals surface area contributed by atoms with E-state index in [9.17, 15) is 15.0 Å². The van der Waals surface area contributed by atoms with E-state index in [0.717, 1.165) is 24.8 Å². The number of carbonyl (C=O) groups is 1. The van der Waals surface area contributed by atoms with Crippen molar-refractivity contribution in [2.45, 2.75) is 77.6 Å². The molecule has 0 radical (unpaired) electrons. The highest BCUT2D eigenvalue weighted by Gasteiger charge is 2.45. The lowest BCUT2D eigenvalue weighted by Crippen LogP contribution is -2.33. The van der Waals surface area contributed by atoms with Gasteiger partial charge in [-0.3, -0.25) is 4.79 Å². The van der Waals surface area contributed by atoms with Crippen molar-refractivity contribution in [3.8, 4) is 5.75 Å². The van der Waals surface area contributed by atoms with E-state index in [1.165, 1.54) is 0 Å². The molecule has 0 unspecified atom stereocenters. The van der Waals surface area contributed by atoms with E-state index in [0.29, 0.717) is 18.4 Å². The van der Waals surface area contributed by atoms with Crippen molar-refractivity contribution in [1.29, 1.82) is 0 Å². The van der Waals surface area contributed by atoms with Gasteiger partial charge in [-0.15, -0.1) is 0 Å². The van der Waals surface area contributed by atoms with Crippen molar-refractivity contribution >= 4 is 5.97 Å². The Balaban J connectivity index is 2.49. The number of carboxylic acids is 1. The van der Waals surface area contributed by atoms with Gasteiger partial charge < -0.3 is 10.2 Å². The molecule has 0 saturated heterocycles. The Morgan fingerprint density at radius 1 is 1.13 bits per heavy atom. The molecule has 0 bridgehead atoms.